The highest BCUT2D eigenvalue weighted by Gasteiger charge is 2.15. The molecule has 0 bridgehead atoms. The van der Waals surface area contributed by atoms with Crippen molar-refractivity contribution < 1.29 is 10.0 Å². The van der Waals surface area contributed by atoms with E-state index in [1.54, 1.807) is 24.4 Å². The Morgan fingerprint density at radius 3 is 2.74 bits per heavy atom. The van der Waals surface area contributed by atoms with Crippen LogP contribution in [0.4, 0.5) is 5.69 Å². The van der Waals surface area contributed by atoms with Crippen molar-refractivity contribution in [3.05, 3.63) is 57.4 Å². The molecule has 0 saturated heterocycles. The molecule has 0 aliphatic rings. The zero-order valence-corrected chi connectivity index (χ0v) is 11.2. The summed E-state index contributed by atoms with van der Waals surface area (Å²) in [6.45, 7) is -0.230. The number of hydrogen-bond donors (Lipinski definition) is 1. The third-order valence-corrected chi connectivity index (χ3v) is 2.81. The summed E-state index contributed by atoms with van der Waals surface area (Å²) in [6, 6.07) is 7.94. The molecule has 0 amide bonds. The molecule has 100 valence electrons. The van der Waals surface area contributed by atoms with E-state index in [-0.39, 0.29) is 29.7 Å². The van der Waals surface area contributed by atoms with Gasteiger partial charge < -0.3 is 5.11 Å². The lowest BCUT2D eigenvalue weighted by atomic mass is 10.0. The van der Waals surface area contributed by atoms with Crippen molar-refractivity contribution in [2.75, 3.05) is 0 Å². The maximum atomic E-state index is 10.8. The molecule has 0 atom stereocenters. The van der Waals surface area contributed by atoms with Gasteiger partial charge in [0.25, 0.3) is 5.69 Å². The van der Waals surface area contributed by atoms with Crippen LogP contribution in [0.15, 0.2) is 36.5 Å². The fourth-order valence-electron chi connectivity index (χ4n) is 1.65. The molecule has 5 nitrogen and oxygen atoms in total. The average Bonchev–Trinajstić information content (AvgIpc) is 2.39. The van der Waals surface area contributed by atoms with Crippen molar-refractivity contribution in [3.63, 3.8) is 0 Å². The molecule has 2 aromatic rings. The second-order valence-corrected chi connectivity index (χ2v) is 3.99. The Balaban J connectivity index is 0.00000180. The van der Waals surface area contributed by atoms with Crippen LogP contribution >= 0.6 is 24.0 Å². The van der Waals surface area contributed by atoms with Gasteiger partial charge in [-0.3, -0.25) is 15.1 Å². The molecule has 7 heteroatoms. The van der Waals surface area contributed by atoms with Gasteiger partial charge in [-0.2, -0.15) is 0 Å². The molecule has 1 aromatic heterocycles. The van der Waals surface area contributed by atoms with Gasteiger partial charge in [-0.05, 0) is 17.7 Å². The molecule has 0 unspecified atom stereocenters. The molecule has 0 aliphatic carbocycles. The Bertz CT molecular complexity index is 605. The zero-order valence-electron chi connectivity index (χ0n) is 9.62. The highest BCUT2D eigenvalue weighted by molar-refractivity contribution is 6.32. The largest absolute Gasteiger partial charge is 0.390 e. The monoisotopic (exact) mass is 300 g/mol. The lowest BCUT2D eigenvalue weighted by Gasteiger charge is -2.06. The molecule has 1 aromatic carbocycles. The van der Waals surface area contributed by atoms with Crippen LogP contribution in [0.5, 0.6) is 0 Å². The number of benzene rings is 1. The third kappa shape index (κ3) is 3.20. The van der Waals surface area contributed by atoms with E-state index in [0.717, 1.165) is 0 Å². The standard InChI is InChI=1S/C12H9ClN2O3.ClH/c13-10-4-3-8(6-12(10)15(17)18)9-2-1-5-14-11(9)7-16;/h1-6,16H,7H2;1H. The van der Waals surface area contributed by atoms with E-state index in [9.17, 15) is 15.2 Å². The maximum Gasteiger partial charge on any atom is 0.288 e. The summed E-state index contributed by atoms with van der Waals surface area (Å²) in [5.41, 5.74) is 1.55. The molecule has 0 radical (unpaired) electrons. The molecule has 19 heavy (non-hydrogen) atoms. The number of aliphatic hydroxyl groups is 1. The van der Waals surface area contributed by atoms with Crippen LogP contribution in [-0.2, 0) is 6.61 Å². The van der Waals surface area contributed by atoms with Crippen molar-refractivity contribution in [1.82, 2.24) is 4.98 Å². The van der Waals surface area contributed by atoms with Gasteiger partial charge in [-0.25, -0.2) is 0 Å². The Morgan fingerprint density at radius 2 is 2.11 bits per heavy atom. The molecule has 2 rings (SSSR count). The molecular weight excluding hydrogens is 291 g/mol. The van der Waals surface area contributed by atoms with Crippen molar-refractivity contribution in [2.45, 2.75) is 6.61 Å². The Kier molecular flexibility index (Phi) is 5.23. The van der Waals surface area contributed by atoms with E-state index >= 15 is 0 Å². The lowest BCUT2D eigenvalue weighted by molar-refractivity contribution is -0.384. The summed E-state index contributed by atoms with van der Waals surface area (Å²) in [7, 11) is 0. The molecule has 0 spiro atoms. The predicted molar refractivity (Wildman–Crippen MR) is 74.5 cm³/mol. The minimum Gasteiger partial charge on any atom is -0.390 e. The highest BCUT2D eigenvalue weighted by atomic mass is 35.5. The lowest BCUT2D eigenvalue weighted by Crippen LogP contribution is -1.94. The number of hydrogen-bond acceptors (Lipinski definition) is 4. The normalized spacial score (nSPS) is 9.79. The fourth-order valence-corrected chi connectivity index (χ4v) is 1.83. The fraction of sp³-hybridized carbons (Fsp3) is 0.0833. The minimum atomic E-state index is -0.541. The minimum absolute atomic E-state index is 0. The molecule has 0 aliphatic heterocycles. The maximum absolute atomic E-state index is 10.8. The molecular formula is C12H10Cl2N2O3. The number of nitrogens with zero attached hydrogens (tertiary/aromatic N) is 2. The van der Waals surface area contributed by atoms with Gasteiger partial charge in [-0.15, -0.1) is 12.4 Å². The molecule has 1 heterocycles. The summed E-state index contributed by atoms with van der Waals surface area (Å²) >= 11 is 5.75. The predicted octanol–water partition coefficient (Wildman–Crippen LogP) is 3.22. The number of aromatic nitrogens is 1. The summed E-state index contributed by atoms with van der Waals surface area (Å²) < 4.78 is 0. The Labute approximate surface area is 120 Å². The van der Waals surface area contributed by atoms with E-state index < -0.39 is 4.92 Å². The number of halogens is 2. The molecule has 0 fully saturated rings. The van der Waals surface area contributed by atoms with Crippen molar-refractivity contribution >= 4 is 29.7 Å². The van der Waals surface area contributed by atoms with Crippen LogP contribution in [0.3, 0.4) is 0 Å². The van der Waals surface area contributed by atoms with Crippen LogP contribution in [-0.4, -0.2) is 15.0 Å². The van der Waals surface area contributed by atoms with Crippen LogP contribution in [0.2, 0.25) is 5.02 Å². The van der Waals surface area contributed by atoms with Gasteiger partial charge in [-0.1, -0.05) is 23.7 Å². The van der Waals surface area contributed by atoms with Gasteiger partial charge in [0.15, 0.2) is 0 Å². The summed E-state index contributed by atoms with van der Waals surface area (Å²) in [5.74, 6) is 0. The van der Waals surface area contributed by atoms with Crippen molar-refractivity contribution in [2.24, 2.45) is 0 Å². The summed E-state index contributed by atoms with van der Waals surface area (Å²) in [6.07, 6.45) is 1.55. The Morgan fingerprint density at radius 1 is 1.37 bits per heavy atom. The first-order valence-electron chi connectivity index (χ1n) is 5.12. The first kappa shape index (κ1) is 15.4. The van der Waals surface area contributed by atoms with E-state index in [1.807, 2.05) is 0 Å². The van der Waals surface area contributed by atoms with Gasteiger partial charge in [0.2, 0.25) is 0 Å². The van der Waals surface area contributed by atoms with E-state index in [0.29, 0.717) is 16.8 Å². The second-order valence-electron chi connectivity index (χ2n) is 3.58. The van der Waals surface area contributed by atoms with Crippen LogP contribution < -0.4 is 0 Å². The van der Waals surface area contributed by atoms with E-state index in [4.69, 9.17) is 11.6 Å². The molecule has 0 saturated carbocycles. The number of pyridine rings is 1. The topological polar surface area (TPSA) is 76.3 Å². The van der Waals surface area contributed by atoms with Crippen LogP contribution in [0.25, 0.3) is 11.1 Å². The van der Waals surface area contributed by atoms with Crippen molar-refractivity contribution in [3.8, 4) is 11.1 Å². The second kappa shape index (κ2) is 6.47. The number of aliphatic hydroxyl groups excluding tert-OH is 1. The summed E-state index contributed by atoms with van der Waals surface area (Å²) in [4.78, 5) is 14.3. The first-order valence-corrected chi connectivity index (χ1v) is 5.50. The van der Waals surface area contributed by atoms with Crippen molar-refractivity contribution in [1.29, 1.82) is 0 Å². The van der Waals surface area contributed by atoms with Crippen LogP contribution in [0, 0.1) is 10.1 Å². The van der Waals surface area contributed by atoms with Gasteiger partial charge in [0.1, 0.15) is 5.02 Å². The molecule has 1 N–H and O–H groups in total. The number of nitro benzene ring substituents is 1. The number of nitro groups is 1. The van der Waals surface area contributed by atoms with Gasteiger partial charge >= 0.3 is 0 Å². The van der Waals surface area contributed by atoms with Crippen LogP contribution in [0.1, 0.15) is 5.69 Å². The smallest absolute Gasteiger partial charge is 0.288 e. The van der Waals surface area contributed by atoms with Gasteiger partial charge in [0, 0.05) is 17.8 Å². The third-order valence-electron chi connectivity index (χ3n) is 2.49. The van der Waals surface area contributed by atoms with Gasteiger partial charge in [0.05, 0.1) is 17.2 Å². The SMILES string of the molecule is Cl.O=[N+]([O-])c1cc(-c2cccnc2CO)ccc1Cl. The van der Waals surface area contributed by atoms with E-state index in [1.165, 1.54) is 12.1 Å². The first-order chi connectivity index (χ1) is 8.63. The quantitative estimate of drug-likeness (QED) is 0.697. The Hall–Kier alpha value is -1.69. The zero-order chi connectivity index (χ0) is 13.1. The summed E-state index contributed by atoms with van der Waals surface area (Å²) in [5, 5.41) is 20.1. The van der Waals surface area contributed by atoms with E-state index in [2.05, 4.69) is 4.98 Å². The highest BCUT2D eigenvalue weighted by Crippen LogP contribution is 2.31. The average molecular weight is 301 g/mol. The number of rotatable bonds is 3.